The van der Waals surface area contributed by atoms with Gasteiger partial charge >= 0.3 is 0 Å². The van der Waals surface area contributed by atoms with Crippen LogP contribution in [-0.4, -0.2) is 18.0 Å². The number of nitrogens with zero attached hydrogens (tertiary/aromatic N) is 1. The summed E-state index contributed by atoms with van der Waals surface area (Å²) in [6.07, 6.45) is 0. The molecule has 0 aliphatic heterocycles. The number of hydrogen-bond donors (Lipinski definition) is 2. The van der Waals surface area contributed by atoms with Crippen LogP contribution in [0.5, 0.6) is 0 Å². The highest BCUT2D eigenvalue weighted by atomic mass is 16.2. The summed E-state index contributed by atoms with van der Waals surface area (Å²) < 4.78 is 0. The monoisotopic (exact) mass is 324 g/mol. The molecule has 0 unspecified atom stereocenters. The van der Waals surface area contributed by atoms with Crippen LogP contribution >= 0.6 is 0 Å². The van der Waals surface area contributed by atoms with Gasteiger partial charge in [-0.2, -0.15) is 5.26 Å². The highest BCUT2D eigenvalue weighted by Crippen LogP contribution is 2.22. The van der Waals surface area contributed by atoms with E-state index >= 15 is 0 Å². The summed E-state index contributed by atoms with van der Waals surface area (Å²) in [5, 5.41) is 16.6. The average molecular weight is 324 g/mol. The van der Waals surface area contributed by atoms with Crippen LogP contribution in [0.15, 0.2) is 42.5 Å². The Balaban J connectivity index is 2.04. The molecule has 2 aromatic rings. The Morgan fingerprint density at radius 3 is 2.54 bits per heavy atom. The zero-order chi connectivity index (χ0) is 17.7. The number of quaternary nitrogens is 1. The molecule has 4 nitrogen and oxygen atoms in total. The standard InChI is InChI=1S/C20H25N3O/c1-14(2)20(4,13-21)23-19(24)12-22-15(3)17-11-7-9-16-8-5-6-10-18(16)17/h5-11,14-15,22H,12H2,1-4H3,(H,23,24)/p+1/t15-,20-/m1/s1. The SMILES string of the molecule is CC(C)[C@@](C)(C#N)NC(=O)C[NH2+][C@H](C)c1cccc2ccccc12. The van der Waals surface area contributed by atoms with Gasteiger partial charge in [0.2, 0.25) is 0 Å². The molecule has 0 saturated carbocycles. The molecule has 4 heteroatoms. The number of rotatable bonds is 6. The van der Waals surface area contributed by atoms with Crippen molar-refractivity contribution >= 4 is 16.7 Å². The fraction of sp³-hybridized carbons (Fsp3) is 0.400. The smallest absolute Gasteiger partial charge is 0.276 e. The molecule has 0 radical (unpaired) electrons. The molecule has 0 aromatic heterocycles. The first-order valence-corrected chi connectivity index (χ1v) is 8.40. The quantitative estimate of drug-likeness (QED) is 0.857. The van der Waals surface area contributed by atoms with Crippen molar-refractivity contribution in [2.75, 3.05) is 6.54 Å². The Morgan fingerprint density at radius 2 is 1.88 bits per heavy atom. The number of nitrogens with one attached hydrogen (secondary N) is 1. The van der Waals surface area contributed by atoms with Gasteiger partial charge in [0.1, 0.15) is 11.6 Å². The number of carbonyl (C=O) groups excluding carboxylic acids is 1. The Labute approximate surface area is 143 Å². The van der Waals surface area contributed by atoms with E-state index in [1.807, 2.05) is 37.4 Å². The summed E-state index contributed by atoms with van der Waals surface area (Å²) in [5.74, 6) is -0.0539. The second-order valence-corrected chi connectivity index (χ2v) is 6.81. The van der Waals surface area contributed by atoms with Crippen molar-refractivity contribution in [3.8, 4) is 6.07 Å². The fourth-order valence-electron chi connectivity index (χ4n) is 2.70. The van der Waals surface area contributed by atoms with Crippen LogP contribution < -0.4 is 10.6 Å². The van der Waals surface area contributed by atoms with E-state index in [0.717, 1.165) is 0 Å². The molecule has 0 aliphatic carbocycles. The second-order valence-electron chi connectivity index (χ2n) is 6.81. The van der Waals surface area contributed by atoms with E-state index in [4.69, 9.17) is 0 Å². The molecule has 0 saturated heterocycles. The van der Waals surface area contributed by atoms with Crippen molar-refractivity contribution in [3.63, 3.8) is 0 Å². The maximum Gasteiger partial charge on any atom is 0.276 e. The molecule has 0 spiro atoms. The Hall–Kier alpha value is -2.38. The van der Waals surface area contributed by atoms with Gasteiger partial charge in [-0.3, -0.25) is 4.79 Å². The van der Waals surface area contributed by atoms with E-state index in [0.29, 0.717) is 6.54 Å². The van der Waals surface area contributed by atoms with E-state index in [-0.39, 0.29) is 17.9 Å². The van der Waals surface area contributed by atoms with Gasteiger partial charge in [-0.15, -0.1) is 0 Å². The van der Waals surface area contributed by atoms with Gasteiger partial charge in [-0.25, -0.2) is 0 Å². The van der Waals surface area contributed by atoms with Gasteiger partial charge in [0.25, 0.3) is 5.91 Å². The number of amides is 1. The van der Waals surface area contributed by atoms with E-state index in [2.05, 4.69) is 42.6 Å². The number of carbonyl (C=O) groups is 1. The van der Waals surface area contributed by atoms with E-state index < -0.39 is 5.54 Å². The third-order valence-corrected chi connectivity index (χ3v) is 4.76. The molecule has 126 valence electrons. The van der Waals surface area contributed by atoms with Crippen molar-refractivity contribution in [2.24, 2.45) is 5.92 Å². The summed E-state index contributed by atoms with van der Waals surface area (Å²) in [6.45, 7) is 8.04. The molecule has 3 N–H and O–H groups in total. The Bertz CT molecular complexity index is 758. The van der Waals surface area contributed by atoms with Crippen LogP contribution in [0.3, 0.4) is 0 Å². The van der Waals surface area contributed by atoms with Crippen LogP contribution in [0.2, 0.25) is 0 Å². The highest BCUT2D eigenvalue weighted by Gasteiger charge is 2.30. The topological polar surface area (TPSA) is 69.5 Å². The van der Waals surface area contributed by atoms with E-state index in [1.54, 1.807) is 6.92 Å². The third-order valence-electron chi connectivity index (χ3n) is 4.76. The first-order chi connectivity index (χ1) is 11.4. The van der Waals surface area contributed by atoms with Crippen molar-refractivity contribution in [1.29, 1.82) is 5.26 Å². The van der Waals surface area contributed by atoms with Crippen LogP contribution in [0.4, 0.5) is 0 Å². The summed E-state index contributed by atoms with van der Waals surface area (Å²) >= 11 is 0. The van der Waals surface area contributed by atoms with Crippen molar-refractivity contribution in [2.45, 2.75) is 39.3 Å². The second kappa shape index (κ2) is 7.46. The maximum absolute atomic E-state index is 12.2. The summed E-state index contributed by atoms with van der Waals surface area (Å²) in [5.41, 5.74) is 0.390. The Morgan fingerprint density at radius 1 is 1.21 bits per heavy atom. The van der Waals surface area contributed by atoms with Crippen LogP contribution in [0.1, 0.15) is 39.3 Å². The van der Waals surface area contributed by atoms with Gasteiger partial charge in [-0.05, 0) is 30.5 Å². The normalized spacial score (nSPS) is 14.8. The van der Waals surface area contributed by atoms with E-state index in [1.165, 1.54) is 16.3 Å². The zero-order valence-corrected chi connectivity index (χ0v) is 14.8. The molecule has 0 heterocycles. The summed E-state index contributed by atoms with van der Waals surface area (Å²) in [4.78, 5) is 12.2. The lowest BCUT2D eigenvalue weighted by molar-refractivity contribution is -0.682. The number of nitrogens with two attached hydrogens (primary N) is 1. The van der Waals surface area contributed by atoms with Gasteiger partial charge in [0.05, 0.1) is 6.07 Å². The minimum absolute atomic E-state index is 0.0574. The number of fused-ring (bicyclic) bond motifs is 1. The van der Waals surface area contributed by atoms with Gasteiger partial charge in [0, 0.05) is 5.56 Å². The van der Waals surface area contributed by atoms with Crippen molar-refractivity contribution in [3.05, 3.63) is 48.0 Å². The lowest BCUT2D eigenvalue weighted by atomic mass is 9.90. The van der Waals surface area contributed by atoms with Crippen LogP contribution in [0.25, 0.3) is 10.8 Å². The van der Waals surface area contributed by atoms with Gasteiger partial charge in [0.15, 0.2) is 6.54 Å². The number of nitriles is 1. The lowest BCUT2D eigenvalue weighted by Crippen LogP contribution is -2.87. The lowest BCUT2D eigenvalue weighted by Gasteiger charge is -2.27. The molecule has 0 fully saturated rings. The molecular formula is C20H26N3O+. The van der Waals surface area contributed by atoms with Crippen LogP contribution in [0, 0.1) is 17.2 Å². The predicted octanol–water partition coefficient (Wildman–Crippen LogP) is 2.52. The molecular weight excluding hydrogens is 298 g/mol. The molecule has 2 atom stereocenters. The van der Waals surface area contributed by atoms with Crippen LogP contribution in [-0.2, 0) is 4.79 Å². The summed E-state index contributed by atoms with van der Waals surface area (Å²) in [6, 6.07) is 16.9. The third kappa shape index (κ3) is 3.93. The molecule has 0 bridgehead atoms. The minimum Gasteiger partial charge on any atom is -0.333 e. The first kappa shape index (κ1) is 18.0. The maximum atomic E-state index is 12.2. The molecule has 0 aliphatic rings. The first-order valence-electron chi connectivity index (χ1n) is 8.40. The Kier molecular flexibility index (Phi) is 5.58. The van der Waals surface area contributed by atoms with Crippen molar-refractivity contribution in [1.82, 2.24) is 5.32 Å². The molecule has 1 amide bonds. The largest absolute Gasteiger partial charge is 0.333 e. The molecule has 2 aromatic carbocycles. The van der Waals surface area contributed by atoms with Gasteiger partial charge < -0.3 is 10.6 Å². The van der Waals surface area contributed by atoms with Crippen molar-refractivity contribution < 1.29 is 10.1 Å². The number of hydrogen-bond acceptors (Lipinski definition) is 2. The van der Waals surface area contributed by atoms with E-state index in [9.17, 15) is 10.1 Å². The highest BCUT2D eigenvalue weighted by molar-refractivity contribution is 5.86. The predicted molar refractivity (Wildman–Crippen MR) is 96.2 cm³/mol. The fourth-order valence-corrected chi connectivity index (χ4v) is 2.70. The van der Waals surface area contributed by atoms with Gasteiger partial charge in [-0.1, -0.05) is 56.3 Å². The average Bonchev–Trinajstić information content (AvgIpc) is 2.58. The zero-order valence-electron chi connectivity index (χ0n) is 14.8. The minimum atomic E-state index is -0.826. The number of benzene rings is 2. The molecule has 24 heavy (non-hydrogen) atoms. The summed E-state index contributed by atoms with van der Waals surface area (Å²) in [7, 11) is 0. The molecule has 2 rings (SSSR count).